The lowest BCUT2D eigenvalue weighted by atomic mass is 11.7. The van der Waals surface area contributed by atoms with E-state index in [0.717, 1.165) is 0 Å². The molecule has 0 heterocycles. The molecule has 0 fully saturated rings. The van der Waals surface area contributed by atoms with E-state index in [1.54, 1.807) is 0 Å². The second-order valence-corrected chi connectivity index (χ2v) is 0.236. The van der Waals surface area contributed by atoms with E-state index in [2.05, 4.69) is 10.7 Å². The Morgan fingerprint density at radius 2 is 1.75 bits per heavy atom. The summed E-state index contributed by atoms with van der Waals surface area (Å²) in [4.78, 5) is 3.75. The van der Waals surface area contributed by atoms with Gasteiger partial charge >= 0.3 is 0 Å². The summed E-state index contributed by atoms with van der Waals surface area (Å²) < 4.78 is 0. The third-order valence-corrected chi connectivity index (χ3v) is 0. The van der Waals surface area contributed by atoms with Gasteiger partial charge < -0.3 is 10.3 Å². The van der Waals surface area contributed by atoms with Crippen LogP contribution in [0, 0.1) is 0 Å². The van der Waals surface area contributed by atoms with Crippen LogP contribution in [-0.4, -0.2) is 12.6 Å². The molecular weight excluding hydrogens is 58.0 g/mol. The van der Waals surface area contributed by atoms with Crippen molar-refractivity contribution in [2.45, 2.75) is 0 Å². The van der Waals surface area contributed by atoms with E-state index in [-0.39, 0.29) is 5.48 Å². The number of nitrogens with two attached hydrogens (primary N) is 1. The first-order chi connectivity index (χ1) is 1.41. The lowest BCUT2D eigenvalue weighted by molar-refractivity contribution is 0.206. The predicted molar refractivity (Wildman–Crippen MR) is 14.8 cm³/mol. The third-order valence-electron chi connectivity index (χ3n) is 0. The van der Waals surface area contributed by atoms with Gasteiger partial charge in [-0.25, -0.2) is 5.90 Å². The summed E-state index contributed by atoms with van der Waals surface area (Å²) in [6, 6.07) is 0. The van der Waals surface area contributed by atoms with Crippen LogP contribution in [0.15, 0.2) is 0 Å². The van der Waals surface area contributed by atoms with Gasteiger partial charge in [0.15, 0.2) is 0 Å². The molecule has 0 spiro atoms. The van der Waals surface area contributed by atoms with Gasteiger partial charge in [0.25, 0.3) is 0 Å². The Labute approximate surface area is 24.6 Å². The van der Waals surface area contributed by atoms with Crippen molar-refractivity contribution < 1.29 is 10.3 Å². The van der Waals surface area contributed by atoms with Crippen molar-refractivity contribution in [2.24, 2.45) is 5.90 Å². The van der Waals surface area contributed by atoms with Crippen LogP contribution >= 0.6 is 0 Å². The van der Waals surface area contributed by atoms with E-state index >= 15 is 0 Å². The highest BCUT2D eigenvalue weighted by atomic mass is 16.6. The zero-order valence-corrected chi connectivity index (χ0v) is 2.49. The molecule has 0 aliphatic rings. The maximum Gasteiger partial charge on any atom is 0.0569 e. The van der Waals surface area contributed by atoms with E-state index in [4.69, 9.17) is 0 Å². The minimum atomic E-state index is 0. The molecule has 0 unspecified atom stereocenters. The molecule has 0 aromatic rings. The topological polar surface area (TPSA) is 66.8 Å². The Balaban J connectivity index is 0. The molecule has 0 radical (unpaired) electrons. The molecule has 0 aliphatic heterocycles. The highest BCUT2D eigenvalue weighted by molar-refractivity contribution is 3.43. The first kappa shape index (κ1) is 9.11. The SMILES string of the molecule is CON.O. The second kappa shape index (κ2) is 13.1. The second-order valence-electron chi connectivity index (χ2n) is 0.236. The highest BCUT2D eigenvalue weighted by Gasteiger charge is 1.23. The number of rotatable bonds is 0. The molecule has 28 valence electrons. The van der Waals surface area contributed by atoms with E-state index < -0.39 is 0 Å². The van der Waals surface area contributed by atoms with Crippen molar-refractivity contribution in [1.82, 2.24) is 0 Å². The van der Waals surface area contributed by atoms with Gasteiger partial charge in [0.05, 0.1) is 7.11 Å². The van der Waals surface area contributed by atoms with Gasteiger partial charge in [-0.1, -0.05) is 0 Å². The quantitative estimate of drug-likeness (QED) is 0.356. The highest BCUT2D eigenvalue weighted by Crippen LogP contribution is 1.14. The van der Waals surface area contributed by atoms with Gasteiger partial charge in [-0.3, -0.25) is 0 Å². The van der Waals surface area contributed by atoms with E-state index in [0.29, 0.717) is 0 Å². The largest absolute Gasteiger partial charge is 0.412 e. The summed E-state index contributed by atoms with van der Waals surface area (Å²) in [5, 5.41) is 0. The molecule has 0 aliphatic carbocycles. The fourth-order valence-electron chi connectivity index (χ4n) is 0. The fourth-order valence-corrected chi connectivity index (χ4v) is 0. The van der Waals surface area contributed by atoms with Gasteiger partial charge in [-0.2, -0.15) is 0 Å². The lowest BCUT2D eigenvalue weighted by Gasteiger charge is -1.62. The van der Waals surface area contributed by atoms with Gasteiger partial charge in [0, 0.05) is 0 Å². The number of hydrogen-bond donors (Lipinski definition) is 1. The van der Waals surface area contributed by atoms with E-state index in [1.165, 1.54) is 7.11 Å². The first-order valence-electron chi connectivity index (χ1n) is 0.644. The van der Waals surface area contributed by atoms with E-state index in [1.807, 2.05) is 0 Å². The Morgan fingerprint density at radius 1 is 1.75 bits per heavy atom. The summed E-state index contributed by atoms with van der Waals surface area (Å²) >= 11 is 0. The van der Waals surface area contributed by atoms with Crippen LogP contribution in [0.1, 0.15) is 0 Å². The van der Waals surface area contributed by atoms with Crippen LogP contribution < -0.4 is 5.90 Å². The molecule has 3 heteroatoms. The molecule has 0 bridgehead atoms. The van der Waals surface area contributed by atoms with Crippen molar-refractivity contribution in [3.63, 3.8) is 0 Å². The van der Waals surface area contributed by atoms with Crippen LogP contribution in [0.25, 0.3) is 0 Å². The zero-order valence-electron chi connectivity index (χ0n) is 2.49. The van der Waals surface area contributed by atoms with Crippen molar-refractivity contribution >= 4 is 0 Å². The minimum absolute atomic E-state index is 0. The van der Waals surface area contributed by atoms with Gasteiger partial charge in [0.2, 0.25) is 0 Å². The van der Waals surface area contributed by atoms with Crippen LogP contribution in [0.2, 0.25) is 0 Å². The Kier molecular flexibility index (Phi) is 29.9. The lowest BCUT2D eigenvalue weighted by Crippen LogP contribution is -1.86. The van der Waals surface area contributed by atoms with E-state index in [9.17, 15) is 0 Å². The maximum absolute atomic E-state index is 4.35. The monoisotopic (exact) mass is 65.0 g/mol. The summed E-state index contributed by atoms with van der Waals surface area (Å²) in [5.74, 6) is 4.35. The normalized spacial score (nSPS) is 4.50. The smallest absolute Gasteiger partial charge is 0.0569 e. The van der Waals surface area contributed by atoms with Gasteiger partial charge in [-0.05, 0) is 0 Å². The van der Waals surface area contributed by atoms with Crippen molar-refractivity contribution in [1.29, 1.82) is 0 Å². The molecule has 0 aromatic heterocycles. The Bertz CT molecular complexity index is 6.00. The third kappa shape index (κ3) is 101. The predicted octanol–water partition coefficient (Wildman–Crippen LogP) is -1.32. The molecule has 4 N–H and O–H groups in total. The summed E-state index contributed by atoms with van der Waals surface area (Å²) in [5.41, 5.74) is 0. The fraction of sp³-hybridized carbons (Fsp3) is 1.00. The molecule has 4 heavy (non-hydrogen) atoms. The van der Waals surface area contributed by atoms with Crippen LogP contribution in [0.5, 0.6) is 0 Å². The van der Waals surface area contributed by atoms with Crippen LogP contribution in [0.4, 0.5) is 0 Å². The van der Waals surface area contributed by atoms with Crippen molar-refractivity contribution in [2.75, 3.05) is 7.11 Å². The molecule has 0 aromatic carbocycles. The maximum atomic E-state index is 4.35. The first-order valence-corrected chi connectivity index (χ1v) is 0.644. The molecule has 0 rings (SSSR count). The minimum Gasteiger partial charge on any atom is -0.412 e. The Hall–Kier alpha value is -0.120. The van der Waals surface area contributed by atoms with Crippen molar-refractivity contribution in [3.8, 4) is 0 Å². The molecule has 0 amide bonds. The average Bonchev–Trinajstić information content (AvgIpc) is 0.918. The van der Waals surface area contributed by atoms with Gasteiger partial charge in [-0.15, -0.1) is 0 Å². The van der Waals surface area contributed by atoms with Crippen LogP contribution in [-0.2, 0) is 4.84 Å². The van der Waals surface area contributed by atoms with Gasteiger partial charge in [0.1, 0.15) is 0 Å². The van der Waals surface area contributed by atoms with Crippen LogP contribution in [0.3, 0.4) is 0 Å². The van der Waals surface area contributed by atoms with Crippen molar-refractivity contribution in [3.05, 3.63) is 0 Å². The zero-order chi connectivity index (χ0) is 2.71. The molecular formula is CH7NO2. The molecule has 0 saturated heterocycles. The molecule has 3 nitrogen and oxygen atoms in total. The summed E-state index contributed by atoms with van der Waals surface area (Å²) in [6.07, 6.45) is 0. The molecule has 0 saturated carbocycles. The number of hydrogen-bond acceptors (Lipinski definition) is 2. The standard InChI is InChI=1S/CH5NO.H2O/c1-3-2;/h2H2,1H3;1H2. The average molecular weight is 65.1 g/mol. The summed E-state index contributed by atoms with van der Waals surface area (Å²) in [6.45, 7) is 0. The molecule has 0 atom stereocenters. The Morgan fingerprint density at radius 3 is 1.75 bits per heavy atom. The summed E-state index contributed by atoms with van der Waals surface area (Å²) in [7, 11) is 1.40.